The molecule has 1 atom stereocenters. The molecule has 2 N–H and O–H groups in total. The zero-order valence-electron chi connectivity index (χ0n) is 13.3. The van der Waals surface area contributed by atoms with Crippen molar-refractivity contribution in [1.82, 2.24) is 4.90 Å². The zero-order chi connectivity index (χ0) is 16.7. The lowest BCUT2D eigenvalue weighted by Gasteiger charge is -2.30. The fourth-order valence-corrected chi connectivity index (χ4v) is 1.63. The number of rotatable bonds is 8. The predicted octanol–water partition coefficient (Wildman–Crippen LogP) is 2.57. The number of alkyl halides is 3. The summed E-state index contributed by atoms with van der Waals surface area (Å²) in [6, 6.07) is -0.479. The molecule has 0 aliphatic carbocycles. The molecule has 0 aromatic heterocycles. The van der Waals surface area contributed by atoms with E-state index in [4.69, 9.17) is 10.5 Å². The molecule has 0 bridgehead atoms. The highest BCUT2D eigenvalue weighted by atomic mass is 19.4. The van der Waals surface area contributed by atoms with Gasteiger partial charge in [-0.3, -0.25) is 4.79 Å². The quantitative estimate of drug-likeness (QED) is 0.701. The van der Waals surface area contributed by atoms with E-state index in [2.05, 4.69) is 0 Å². The van der Waals surface area contributed by atoms with Gasteiger partial charge < -0.3 is 15.4 Å². The lowest BCUT2D eigenvalue weighted by Crippen LogP contribution is -2.45. The van der Waals surface area contributed by atoms with Gasteiger partial charge in [-0.25, -0.2) is 0 Å². The van der Waals surface area contributed by atoms with Crippen LogP contribution in [0.15, 0.2) is 0 Å². The van der Waals surface area contributed by atoms with E-state index in [-0.39, 0.29) is 18.4 Å². The molecule has 0 aromatic carbocycles. The van der Waals surface area contributed by atoms with Gasteiger partial charge in [0, 0.05) is 32.2 Å². The van der Waals surface area contributed by atoms with Crippen LogP contribution in [0.5, 0.6) is 0 Å². The van der Waals surface area contributed by atoms with Gasteiger partial charge in [0.1, 0.15) is 6.54 Å². The molecular formula is C14H27F3N2O2. The van der Waals surface area contributed by atoms with E-state index in [1.807, 2.05) is 20.8 Å². The predicted molar refractivity (Wildman–Crippen MR) is 75.8 cm³/mol. The van der Waals surface area contributed by atoms with Crippen LogP contribution in [0.4, 0.5) is 13.2 Å². The average molecular weight is 312 g/mol. The first-order valence-electron chi connectivity index (χ1n) is 7.15. The van der Waals surface area contributed by atoms with E-state index in [9.17, 15) is 18.0 Å². The molecule has 21 heavy (non-hydrogen) atoms. The minimum Gasteiger partial charge on any atom is -0.382 e. The lowest BCUT2D eigenvalue weighted by atomic mass is 9.85. The molecular weight excluding hydrogens is 285 g/mol. The molecule has 7 heteroatoms. The summed E-state index contributed by atoms with van der Waals surface area (Å²) in [7, 11) is 0. The Morgan fingerprint density at radius 3 is 2.29 bits per heavy atom. The van der Waals surface area contributed by atoms with Crippen molar-refractivity contribution in [3.05, 3.63) is 0 Å². The second-order valence-electron chi connectivity index (χ2n) is 6.16. The number of carbonyl (C=O) groups is 1. The van der Waals surface area contributed by atoms with Gasteiger partial charge in [-0.05, 0) is 18.8 Å². The summed E-state index contributed by atoms with van der Waals surface area (Å²) in [5, 5.41) is 0. The molecule has 1 unspecified atom stereocenters. The second-order valence-corrected chi connectivity index (χ2v) is 6.16. The Hall–Kier alpha value is -0.820. The third kappa shape index (κ3) is 9.68. The van der Waals surface area contributed by atoms with Crippen molar-refractivity contribution >= 4 is 5.91 Å². The van der Waals surface area contributed by atoms with Gasteiger partial charge in [-0.15, -0.1) is 0 Å². The molecule has 0 spiro atoms. The number of ether oxygens (including phenoxy) is 1. The maximum Gasteiger partial charge on any atom is 0.406 e. The maximum absolute atomic E-state index is 12.6. The Morgan fingerprint density at radius 2 is 1.86 bits per heavy atom. The highest BCUT2D eigenvalue weighted by molar-refractivity contribution is 5.77. The van der Waals surface area contributed by atoms with Gasteiger partial charge in [0.25, 0.3) is 0 Å². The highest BCUT2D eigenvalue weighted by Crippen LogP contribution is 2.22. The first-order valence-corrected chi connectivity index (χ1v) is 7.15. The summed E-state index contributed by atoms with van der Waals surface area (Å²) in [6.07, 6.45) is -4.12. The topological polar surface area (TPSA) is 55.6 Å². The molecule has 0 aromatic rings. The van der Waals surface area contributed by atoms with E-state index < -0.39 is 24.7 Å². The summed E-state index contributed by atoms with van der Waals surface area (Å²) < 4.78 is 42.8. The molecule has 1 amide bonds. The van der Waals surface area contributed by atoms with E-state index in [1.54, 1.807) is 6.92 Å². The first-order chi connectivity index (χ1) is 9.47. The molecule has 0 radical (unpaired) electrons. The minimum atomic E-state index is -4.41. The van der Waals surface area contributed by atoms with Gasteiger partial charge in [0.15, 0.2) is 0 Å². The number of nitrogens with zero attached hydrogens (tertiary/aromatic N) is 1. The van der Waals surface area contributed by atoms with Crippen LogP contribution in [0.3, 0.4) is 0 Å². The summed E-state index contributed by atoms with van der Waals surface area (Å²) >= 11 is 0. The molecule has 0 saturated carbocycles. The molecule has 126 valence electrons. The molecule has 4 nitrogen and oxygen atoms in total. The van der Waals surface area contributed by atoms with Crippen LogP contribution in [0.2, 0.25) is 0 Å². The SMILES string of the molecule is CCOCCCN(CC(F)(F)F)C(=O)CC(N)C(C)(C)C. The number of hydrogen-bond donors (Lipinski definition) is 1. The van der Waals surface area contributed by atoms with Crippen molar-refractivity contribution in [3.63, 3.8) is 0 Å². The van der Waals surface area contributed by atoms with Crippen molar-refractivity contribution in [2.45, 2.75) is 52.8 Å². The zero-order valence-corrected chi connectivity index (χ0v) is 13.3. The standard InChI is InChI=1S/C14H27F3N2O2/c1-5-21-8-6-7-19(10-14(15,16)17)12(20)9-11(18)13(2,3)4/h11H,5-10,18H2,1-4H3. The van der Waals surface area contributed by atoms with Crippen LogP contribution in [-0.2, 0) is 9.53 Å². The van der Waals surface area contributed by atoms with Gasteiger partial charge in [0.05, 0.1) is 0 Å². The van der Waals surface area contributed by atoms with Crippen molar-refractivity contribution in [3.8, 4) is 0 Å². The Labute approximate surface area is 124 Å². The van der Waals surface area contributed by atoms with Crippen LogP contribution in [-0.4, -0.2) is 49.3 Å². The normalized spacial score (nSPS) is 14.1. The summed E-state index contributed by atoms with van der Waals surface area (Å²) in [6.45, 7) is 6.99. The molecule has 0 saturated heterocycles. The van der Waals surface area contributed by atoms with Crippen LogP contribution in [0, 0.1) is 5.41 Å². The van der Waals surface area contributed by atoms with Gasteiger partial charge in [-0.1, -0.05) is 20.8 Å². The van der Waals surface area contributed by atoms with E-state index in [0.717, 1.165) is 4.90 Å². The monoisotopic (exact) mass is 312 g/mol. The van der Waals surface area contributed by atoms with Crippen molar-refractivity contribution in [2.24, 2.45) is 11.1 Å². The minimum absolute atomic E-state index is 0.0230. The Bertz CT molecular complexity index is 314. The van der Waals surface area contributed by atoms with Crippen molar-refractivity contribution < 1.29 is 22.7 Å². The van der Waals surface area contributed by atoms with Gasteiger partial charge in [-0.2, -0.15) is 13.2 Å². The third-order valence-electron chi connectivity index (χ3n) is 3.15. The summed E-state index contributed by atoms with van der Waals surface area (Å²) in [4.78, 5) is 12.9. The number of carbonyl (C=O) groups excluding carboxylic acids is 1. The fraction of sp³-hybridized carbons (Fsp3) is 0.929. The summed E-state index contributed by atoms with van der Waals surface area (Å²) in [5.74, 6) is -0.564. The largest absolute Gasteiger partial charge is 0.406 e. The average Bonchev–Trinajstić information content (AvgIpc) is 2.30. The molecule has 0 aliphatic heterocycles. The molecule has 0 fully saturated rings. The van der Waals surface area contributed by atoms with Crippen LogP contribution in [0.1, 0.15) is 40.5 Å². The Balaban J connectivity index is 4.59. The second kappa shape index (κ2) is 8.58. The first kappa shape index (κ1) is 20.2. The number of hydrogen-bond acceptors (Lipinski definition) is 3. The van der Waals surface area contributed by atoms with Crippen molar-refractivity contribution in [1.29, 1.82) is 0 Å². The van der Waals surface area contributed by atoms with Crippen LogP contribution in [0.25, 0.3) is 0 Å². The maximum atomic E-state index is 12.6. The smallest absolute Gasteiger partial charge is 0.382 e. The Morgan fingerprint density at radius 1 is 1.29 bits per heavy atom. The van der Waals surface area contributed by atoms with Gasteiger partial charge >= 0.3 is 6.18 Å². The number of nitrogens with two attached hydrogens (primary N) is 1. The van der Waals surface area contributed by atoms with Crippen molar-refractivity contribution in [2.75, 3.05) is 26.3 Å². The van der Waals surface area contributed by atoms with Crippen LogP contribution >= 0.6 is 0 Å². The fourth-order valence-electron chi connectivity index (χ4n) is 1.63. The molecule has 0 rings (SSSR count). The molecule has 0 heterocycles. The Kier molecular flexibility index (Phi) is 8.25. The third-order valence-corrected chi connectivity index (χ3v) is 3.15. The number of halogens is 3. The van der Waals surface area contributed by atoms with E-state index in [0.29, 0.717) is 19.6 Å². The lowest BCUT2D eigenvalue weighted by molar-refractivity contribution is -0.162. The summed E-state index contributed by atoms with van der Waals surface area (Å²) in [5.41, 5.74) is 5.55. The van der Waals surface area contributed by atoms with E-state index in [1.165, 1.54) is 0 Å². The van der Waals surface area contributed by atoms with E-state index >= 15 is 0 Å². The molecule has 0 aliphatic rings. The highest BCUT2D eigenvalue weighted by Gasteiger charge is 2.34. The van der Waals surface area contributed by atoms with Gasteiger partial charge in [0.2, 0.25) is 5.91 Å². The number of amides is 1. The van der Waals surface area contributed by atoms with Crippen LogP contribution < -0.4 is 5.73 Å².